The van der Waals surface area contributed by atoms with Crippen LogP contribution in [-0.4, -0.2) is 19.3 Å². The monoisotopic (exact) mass is 420 g/mol. The third kappa shape index (κ3) is 5.59. The maximum atomic E-state index is 12.9. The molecule has 0 bridgehead atoms. The number of rotatable bonds is 7. The second-order valence-electron chi connectivity index (χ2n) is 5.92. The highest BCUT2D eigenvalue weighted by atomic mass is 32.2. The second-order valence-corrected chi connectivity index (χ2v) is 8.34. The van der Waals surface area contributed by atoms with E-state index < -0.39 is 10.0 Å². The Morgan fingerprint density at radius 1 is 1.11 bits per heavy atom. The number of hydrogen-bond acceptors (Lipinski definition) is 6. The van der Waals surface area contributed by atoms with Crippen LogP contribution in [0.5, 0.6) is 0 Å². The van der Waals surface area contributed by atoms with Gasteiger partial charge >= 0.3 is 0 Å². The summed E-state index contributed by atoms with van der Waals surface area (Å²) < 4.78 is 35.4. The number of aromatic nitrogens is 1. The molecule has 1 amide bonds. The molecule has 3 rings (SSSR count). The van der Waals surface area contributed by atoms with Crippen LogP contribution in [0.1, 0.15) is 11.3 Å². The zero-order chi connectivity index (χ0) is 20.1. The summed E-state index contributed by atoms with van der Waals surface area (Å²) in [5.74, 6) is -0.532. The molecule has 4 N–H and O–H groups in total. The highest BCUT2D eigenvalue weighted by Gasteiger charge is 2.10. The molecule has 3 aromatic rings. The maximum absolute atomic E-state index is 12.9. The molecule has 7 nitrogen and oxygen atoms in total. The van der Waals surface area contributed by atoms with Gasteiger partial charge in [-0.1, -0.05) is 12.1 Å². The number of primary sulfonamides is 1. The lowest BCUT2D eigenvalue weighted by Crippen LogP contribution is -2.24. The van der Waals surface area contributed by atoms with E-state index in [0.717, 1.165) is 5.56 Å². The predicted molar refractivity (Wildman–Crippen MR) is 105 cm³/mol. The SMILES string of the molecule is NS(=O)(=O)c1ccc(CNC(=O)Cc2csc(Nc3ccc(F)cc3)n2)cc1. The molecule has 1 heterocycles. The molecule has 0 spiro atoms. The standard InChI is InChI=1S/C18H17FN4O3S2/c19-13-3-5-14(6-4-13)22-18-23-15(11-27-18)9-17(24)21-10-12-1-7-16(8-2-12)28(20,25)26/h1-8,11H,9-10H2,(H,21,24)(H,22,23)(H2,20,25,26). The van der Waals surface area contributed by atoms with Crippen LogP contribution in [0.4, 0.5) is 15.2 Å². The molecule has 0 radical (unpaired) electrons. The molecule has 10 heteroatoms. The van der Waals surface area contributed by atoms with Gasteiger partial charge in [0.15, 0.2) is 5.13 Å². The Balaban J connectivity index is 1.51. The lowest BCUT2D eigenvalue weighted by Gasteiger charge is -2.05. The van der Waals surface area contributed by atoms with Crippen LogP contribution < -0.4 is 15.8 Å². The zero-order valence-electron chi connectivity index (χ0n) is 14.6. The number of anilines is 2. The van der Waals surface area contributed by atoms with Gasteiger partial charge < -0.3 is 10.6 Å². The van der Waals surface area contributed by atoms with E-state index in [2.05, 4.69) is 15.6 Å². The Hall–Kier alpha value is -2.82. The molecular formula is C18H17FN4O3S2. The first-order valence-corrected chi connectivity index (χ1v) is 10.6. The van der Waals surface area contributed by atoms with Gasteiger partial charge in [0.1, 0.15) is 5.82 Å². The molecule has 0 fully saturated rings. The number of carbonyl (C=O) groups is 1. The van der Waals surface area contributed by atoms with E-state index in [-0.39, 0.29) is 29.6 Å². The molecule has 0 saturated heterocycles. The van der Waals surface area contributed by atoms with Crippen molar-refractivity contribution in [3.8, 4) is 0 Å². The topological polar surface area (TPSA) is 114 Å². The fourth-order valence-electron chi connectivity index (χ4n) is 2.33. The van der Waals surface area contributed by atoms with Crippen LogP contribution in [-0.2, 0) is 27.8 Å². The quantitative estimate of drug-likeness (QED) is 0.543. The minimum Gasteiger partial charge on any atom is -0.352 e. The summed E-state index contributed by atoms with van der Waals surface area (Å²) in [6, 6.07) is 11.9. The smallest absolute Gasteiger partial charge is 0.238 e. The molecule has 146 valence electrons. The first kappa shape index (κ1) is 19.9. The number of nitrogens with two attached hydrogens (primary N) is 1. The van der Waals surface area contributed by atoms with Gasteiger partial charge in [0.25, 0.3) is 0 Å². The summed E-state index contributed by atoms with van der Waals surface area (Å²) in [7, 11) is -3.73. The fourth-order valence-corrected chi connectivity index (χ4v) is 3.57. The van der Waals surface area contributed by atoms with Gasteiger partial charge in [0.05, 0.1) is 17.0 Å². The Bertz CT molecular complexity index is 1060. The van der Waals surface area contributed by atoms with Crippen molar-refractivity contribution >= 4 is 38.1 Å². The highest BCUT2D eigenvalue weighted by molar-refractivity contribution is 7.89. The van der Waals surface area contributed by atoms with E-state index in [1.165, 1.54) is 35.6 Å². The van der Waals surface area contributed by atoms with Crippen molar-refractivity contribution in [1.29, 1.82) is 0 Å². The van der Waals surface area contributed by atoms with E-state index in [1.807, 2.05) is 0 Å². The summed E-state index contributed by atoms with van der Waals surface area (Å²) in [5.41, 5.74) is 2.06. The number of hydrogen-bond donors (Lipinski definition) is 3. The van der Waals surface area contributed by atoms with Crippen LogP contribution in [0.3, 0.4) is 0 Å². The van der Waals surface area contributed by atoms with Crippen molar-refractivity contribution in [3.05, 3.63) is 71.0 Å². The number of thiazole rings is 1. The first-order valence-electron chi connectivity index (χ1n) is 8.15. The van der Waals surface area contributed by atoms with Gasteiger partial charge in [-0.25, -0.2) is 22.9 Å². The largest absolute Gasteiger partial charge is 0.352 e. The average Bonchev–Trinajstić information content (AvgIpc) is 3.08. The van der Waals surface area contributed by atoms with Crippen LogP contribution in [0.2, 0.25) is 0 Å². The zero-order valence-corrected chi connectivity index (χ0v) is 16.2. The Morgan fingerprint density at radius 3 is 2.43 bits per heavy atom. The molecule has 0 saturated carbocycles. The normalized spacial score (nSPS) is 11.2. The first-order chi connectivity index (χ1) is 13.3. The van der Waals surface area contributed by atoms with Crippen LogP contribution in [0.15, 0.2) is 58.8 Å². The summed E-state index contributed by atoms with van der Waals surface area (Å²) in [6.07, 6.45) is 0.108. The summed E-state index contributed by atoms with van der Waals surface area (Å²) in [4.78, 5) is 16.4. The predicted octanol–water partition coefficient (Wildman–Crippen LogP) is 2.53. The molecule has 28 heavy (non-hydrogen) atoms. The van der Waals surface area contributed by atoms with Crippen LogP contribution >= 0.6 is 11.3 Å². The molecule has 0 unspecified atom stereocenters. The van der Waals surface area contributed by atoms with Gasteiger partial charge in [-0.05, 0) is 42.0 Å². The molecule has 0 aliphatic rings. The van der Waals surface area contributed by atoms with Crippen molar-refractivity contribution in [2.45, 2.75) is 17.9 Å². The van der Waals surface area contributed by atoms with Gasteiger partial charge in [-0.3, -0.25) is 4.79 Å². The Morgan fingerprint density at radius 2 is 1.79 bits per heavy atom. The van der Waals surface area contributed by atoms with Crippen molar-refractivity contribution in [3.63, 3.8) is 0 Å². The number of nitrogens with zero attached hydrogens (tertiary/aromatic N) is 1. The van der Waals surface area contributed by atoms with Gasteiger partial charge in [-0.15, -0.1) is 11.3 Å². The summed E-state index contributed by atoms with van der Waals surface area (Å²) in [6.45, 7) is 0.258. The molecule has 1 aromatic heterocycles. The average molecular weight is 420 g/mol. The lowest BCUT2D eigenvalue weighted by atomic mass is 10.2. The van der Waals surface area contributed by atoms with Crippen LogP contribution in [0.25, 0.3) is 0 Å². The minimum atomic E-state index is -3.73. The second kappa shape index (κ2) is 8.46. The van der Waals surface area contributed by atoms with Gasteiger partial charge in [-0.2, -0.15) is 0 Å². The molecule has 0 atom stereocenters. The third-order valence-corrected chi connectivity index (χ3v) is 5.47. The Kier molecular flexibility index (Phi) is 6.02. The number of carbonyl (C=O) groups excluding carboxylic acids is 1. The van der Waals surface area contributed by atoms with Crippen molar-refractivity contribution in [2.24, 2.45) is 5.14 Å². The Labute approximate surface area is 165 Å². The summed E-state index contributed by atoms with van der Waals surface area (Å²) >= 11 is 1.34. The highest BCUT2D eigenvalue weighted by Crippen LogP contribution is 2.21. The van der Waals surface area contributed by atoms with Gasteiger partial charge in [0, 0.05) is 17.6 Å². The fraction of sp³-hybridized carbons (Fsp3) is 0.111. The van der Waals surface area contributed by atoms with Gasteiger partial charge in [0.2, 0.25) is 15.9 Å². The van der Waals surface area contributed by atoms with E-state index in [9.17, 15) is 17.6 Å². The molecular weight excluding hydrogens is 403 g/mol. The van der Waals surface area contributed by atoms with Crippen molar-refractivity contribution in [2.75, 3.05) is 5.32 Å². The molecule has 0 aliphatic carbocycles. The molecule has 2 aromatic carbocycles. The maximum Gasteiger partial charge on any atom is 0.238 e. The van der Waals surface area contributed by atoms with Crippen molar-refractivity contribution in [1.82, 2.24) is 10.3 Å². The van der Waals surface area contributed by atoms with Crippen LogP contribution in [0, 0.1) is 5.82 Å². The van der Waals surface area contributed by atoms with E-state index >= 15 is 0 Å². The number of nitrogens with one attached hydrogen (secondary N) is 2. The minimum absolute atomic E-state index is 0.0197. The van der Waals surface area contributed by atoms with E-state index in [1.54, 1.807) is 29.6 Å². The summed E-state index contributed by atoms with van der Waals surface area (Å²) in [5, 5.41) is 13.2. The third-order valence-electron chi connectivity index (χ3n) is 3.73. The van der Waals surface area contributed by atoms with Crippen molar-refractivity contribution < 1.29 is 17.6 Å². The number of benzene rings is 2. The number of sulfonamides is 1. The lowest BCUT2D eigenvalue weighted by molar-refractivity contribution is -0.120. The number of amides is 1. The van der Waals surface area contributed by atoms with E-state index in [4.69, 9.17) is 5.14 Å². The number of halogens is 1. The van der Waals surface area contributed by atoms with E-state index in [0.29, 0.717) is 16.5 Å². The molecule has 0 aliphatic heterocycles.